The molecule has 168 valence electrons. The number of nitrogens with one attached hydrogen (secondary N) is 1. The molecule has 0 atom stereocenters. The molecule has 32 heavy (non-hydrogen) atoms. The average Bonchev–Trinajstić information content (AvgIpc) is 3.02. The topological polar surface area (TPSA) is 102 Å². The number of benzene rings is 2. The lowest BCUT2D eigenvalue weighted by atomic mass is 10.1. The van der Waals surface area contributed by atoms with Gasteiger partial charge in [-0.15, -0.1) is 0 Å². The molecule has 1 aliphatic heterocycles. The zero-order valence-corrected chi connectivity index (χ0v) is 18.3. The lowest BCUT2D eigenvalue weighted by molar-refractivity contribution is 0.0458. The molecule has 0 unspecified atom stereocenters. The summed E-state index contributed by atoms with van der Waals surface area (Å²) in [5, 5.41) is 2.73. The van der Waals surface area contributed by atoms with Crippen LogP contribution in [0.25, 0.3) is 0 Å². The molecule has 3 amide bonds. The van der Waals surface area contributed by atoms with Crippen LogP contribution in [0.3, 0.4) is 0 Å². The summed E-state index contributed by atoms with van der Waals surface area (Å²) in [6.07, 6.45) is 0.538. The molecule has 1 N–H and O–H groups in total. The summed E-state index contributed by atoms with van der Waals surface area (Å²) >= 11 is 0. The first-order valence-corrected chi connectivity index (χ1v) is 10.4. The van der Waals surface area contributed by atoms with Crippen LogP contribution in [-0.2, 0) is 9.47 Å². The summed E-state index contributed by atoms with van der Waals surface area (Å²) in [7, 11) is 1.55. The smallest absolute Gasteiger partial charge is 0.338 e. The Morgan fingerprint density at radius 3 is 2.28 bits per heavy atom. The monoisotopic (exact) mass is 438 g/mol. The van der Waals surface area contributed by atoms with Crippen molar-refractivity contribution < 1.29 is 28.7 Å². The fourth-order valence-corrected chi connectivity index (χ4v) is 3.22. The maximum absolute atomic E-state index is 12.7. The second kappa shape index (κ2) is 10.2. The molecule has 0 fully saturated rings. The van der Waals surface area contributed by atoms with E-state index >= 15 is 0 Å². The molecule has 1 heterocycles. The number of rotatable bonds is 9. The fourth-order valence-electron chi connectivity index (χ4n) is 3.22. The summed E-state index contributed by atoms with van der Waals surface area (Å²) < 4.78 is 10.2. The highest BCUT2D eigenvalue weighted by Crippen LogP contribution is 2.25. The Bertz CT molecular complexity index is 1030. The molecule has 0 saturated carbocycles. The maximum atomic E-state index is 12.7. The zero-order valence-electron chi connectivity index (χ0n) is 18.3. The van der Waals surface area contributed by atoms with Gasteiger partial charge in [-0.05, 0) is 54.8 Å². The van der Waals surface area contributed by atoms with Crippen molar-refractivity contribution in [2.24, 2.45) is 5.92 Å². The fraction of sp³-hybridized carbons (Fsp3) is 0.333. The number of methoxy groups -OCH3 is 1. The Kier molecular flexibility index (Phi) is 7.37. The quantitative estimate of drug-likeness (QED) is 0.366. The first-order valence-electron chi connectivity index (χ1n) is 10.4. The largest absolute Gasteiger partial charge is 0.462 e. The molecule has 0 aromatic heterocycles. The summed E-state index contributed by atoms with van der Waals surface area (Å²) in [4.78, 5) is 50.9. The van der Waals surface area contributed by atoms with Crippen LogP contribution in [0.15, 0.2) is 42.5 Å². The number of esters is 1. The van der Waals surface area contributed by atoms with Crippen molar-refractivity contribution in [1.29, 1.82) is 0 Å². The van der Waals surface area contributed by atoms with E-state index in [1.165, 1.54) is 23.1 Å². The predicted octanol–water partition coefficient (Wildman–Crippen LogP) is 3.38. The average molecular weight is 438 g/mol. The third kappa shape index (κ3) is 5.20. The van der Waals surface area contributed by atoms with E-state index in [0.29, 0.717) is 30.9 Å². The molecular formula is C24H26N2O6. The molecule has 0 spiro atoms. The molecule has 2 aromatic carbocycles. The molecule has 0 bridgehead atoms. The Hall–Kier alpha value is -3.52. The van der Waals surface area contributed by atoms with Gasteiger partial charge in [0.2, 0.25) is 0 Å². The Morgan fingerprint density at radius 2 is 1.62 bits per heavy atom. The van der Waals surface area contributed by atoms with Crippen molar-refractivity contribution >= 4 is 29.4 Å². The molecule has 3 rings (SSSR count). The van der Waals surface area contributed by atoms with Crippen molar-refractivity contribution in [2.75, 3.05) is 32.2 Å². The van der Waals surface area contributed by atoms with Gasteiger partial charge in [-0.2, -0.15) is 0 Å². The SMILES string of the molecule is COCCCN1C(=O)c2ccc(C(=O)Nc3ccc(C(=O)OCC(C)C)cc3)cc2C1=O. The van der Waals surface area contributed by atoms with Gasteiger partial charge in [-0.25, -0.2) is 4.79 Å². The van der Waals surface area contributed by atoms with Crippen LogP contribution < -0.4 is 5.32 Å². The number of nitrogens with zero attached hydrogens (tertiary/aromatic N) is 1. The molecule has 2 aromatic rings. The Balaban J connectivity index is 1.67. The van der Waals surface area contributed by atoms with Crippen LogP contribution in [0.4, 0.5) is 5.69 Å². The molecule has 0 aliphatic carbocycles. The van der Waals surface area contributed by atoms with Crippen molar-refractivity contribution in [1.82, 2.24) is 4.90 Å². The van der Waals surface area contributed by atoms with Gasteiger partial charge in [-0.3, -0.25) is 19.3 Å². The van der Waals surface area contributed by atoms with E-state index < -0.39 is 17.8 Å². The molecule has 0 saturated heterocycles. The van der Waals surface area contributed by atoms with Crippen LogP contribution >= 0.6 is 0 Å². The lowest BCUT2D eigenvalue weighted by Crippen LogP contribution is -2.31. The second-order valence-corrected chi connectivity index (χ2v) is 7.89. The van der Waals surface area contributed by atoms with E-state index in [9.17, 15) is 19.2 Å². The lowest BCUT2D eigenvalue weighted by Gasteiger charge is -2.12. The number of fused-ring (bicyclic) bond motifs is 1. The minimum atomic E-state index is -0.430. The van der Waals surface area contributed by atoms with Gasteiger partial charge in [0.05, 0.1) is 23.3 Å². The maximum Gasteiger partial charge on any atom is 0.338 e. The number of imide groups is 1. The highest BCUT2D eigenvalue weighted by atomic mass is 16.5. The van der Waals surface area contributed by atoms with Crippen molar-refractivity contribution in [3.05, 3.63) is 64.7 Å². The van der Waals surface area contributed by atoms with E-state index in [1.54, 1.807) is 31.4 Å². The summed E-state index contributed by atoms with van der Waals surface area (Å²) in [6, 6.07) is 10.8. The van der Waals surface area contributed by atoms with Gasteiger partial charge < -0.3 is 14.8 Å². The minimum absolute atomic E-state index is 0.211. The van der Waals surface area contributed by atoms with E-state index in [2.05, 4.69) is 5.32 Å². The standard InChI is InChI=1S/C24H26N2O6/c1-15(2)14-32-24(30)16-5-8-18(9-6-16)25-21(27)17-7-10-19-20(13-17)23(29)26(22(19)28)11-4-12-31-3/h5-10,13,15H,4,11-12,14H2,1-3H3,(H,25,27). The van der Waals surface area contributed by atoms with E-state index in [0.717, 1.165) is 0 Å². The number of ether oxygens (including phenoxy) is 2. The van der Waals surface area contributed by atoms with Gasteiger partial charge >= 0.3 is 5.97 Å². The Morgan fingerprint density at radius 1 is 0.969 bits per heavy atom. The van der Waals surface area contributed by atoms with Crippen LogP contribution in [0.5, 0.6) is 0 Å². The minimum Gasteiger partial charge on any atom is -0.462 e. The number of hydrogen-bond donors (Lipinski definition) is 1. The molecule has 8 nitrogen and oxygen atoms in total. The summed E-state index contributed by atoms with van der Waals surface area (Å²) in [5.74, 6) is -1.40. The van der Waals surface area contributed by atoms with Gasteiger partial charge in [0, 0.05) is 31.5 Å². The first kappa shape index (κ1) is 23.1. The van der Waals surface area contributed by atoms with Gasteiger partial charge in [0.1, 0.15) is 0 Å². The van der Waals surface area contributed by atoms with Crippen LogP contribution in [0.1, 0.15) is 61.7 Å². The van der Waals surface area contributed by atoms with Crippen LogP contribution in [-0.4, -0.2) is 55.5 Å². The Labute approximate surface area is 186 Å². The third-order valence-corrected chi connectivity index (χ3v) is 4.89. The van der Waals surface area contributed by atoms with Crippen LogP contribution in [0, 0.1) is 5.92 Å². The van der Waals surface area contributed by atoms with Crippen LogP contribution in [0.2, 0.25) is 0 Å². The van der Waals surface area contributed by atoms with Crippen molar-refractivity contribution in [3.8, 4) is 0 Å². The third-order valence-electron chi connectivity index (χ3n) is 4.89. The first-order chi connectivity index (χ1) is 15.3. The van der Waals surface area contributed by atoms with Crippen molar-refractivity contribution in [3.63, 3.8) is 0 Å². The number of anilines is 1. The molecular weight excluding hydrogens is 412 g/mol. The normalized spacial score (nSPS) is 12.8. The van der Waals surface area contributed by atoms with E-state index in [-0.39, 0.29) is 35.1 Å². The van der Waals surface area contributed by atoms with Gasteiger partial charge in [0.25, 0.3) is 17.7 Å². The van der Waals surface area contributed by atoms with E-state index in [1.807, 2.05) is 13.8 Å². The molecule has 8 heteroatoms. The second-order valence-electron chi connectivity index (χ2n) is 7.89. The summed E-state index contributed by atoms with van der Waals surface area (Å²) in [5.41, 5.74) is 1.62. The highest BCUT2D eigenvalue weighted by molar-refractivity contribution is 6.22. The summed E-state index contributed by atoms with van der Waals surface area (Å²) in [6.45, 7) is 4.93. The van der Waals surface area contributed by atoms with E-state index in [4.69, 9.17) is 9.47 Å². The number of carbonyl (C=O) groups excluding carboxylic acids is 4. The highest BCUT2D eigenvalue weighted by Gasteiger charge is 2.35. The van der Waals surface area contributed by atoms with Crippen molar-refractivity contribution in [2.45, 2.75) is 20.3 Å². The molecule has 0 radical (unpaired) electrons. The number of carbonyl (C=O) groups is 4. The van der Waals surface area contributed by atoms with Gasteiger partial charge in [0.15, 0.2) is 0 Å². The number of hydrogen-bond acceptors (Lipinski definition) is 6. The number of amides is 3. The predicted molar refractivity (Wildman–Crippen MR) is 118 cm³/mol. The zero-order chi connectivity index (χ0) is 23.3. The van der Waals surface area contributed by atoms with Gasteiger partial charge in [-0.1, -0.05) is 13.8 Å². The molecule has 1 aliphatic rings.